The zero-order valence-corrected chi connectivity index (χ0v) is 15.1. The van der Waals surface area contributed by atoms with Crippen molar-refractivity contribution in [1.29, 1.82) is 0 Å². The quantitative estimate of drug-likeness (QED) is 0.306. The van der Waals surface area contributed by atoms with Gasteiger partial charge >= 0.3 is 6.18 Å². The van der Waals surface area contributed by atoms with Crippen LogP contribution in [0.15, 0.2) is 53.6 Å². The van der Waals surface area contributed by atoms with E-state index in [4.69, 9.17) is 11.6 Å². The van der Waals surface area contributed by atoms with Crippen molar-refractivity contribution in [1.82, 2.24) is 10.2 Å². The Morgan fingerprint density at radius 2 is 1.86 bits per heavy atom. The Morgan fingerprint density at radius 3 is 2.55 bits per heavy atom. The Bertz CT molecular complexity index is 974. The average Bonchev–Trinajstić information content (AvgIpc) is 2.71. The van der Waals surface area contributed by atoms with Crippen molar-refractivity contribution in [2.75, 3.05) is 6.54 Å². The third kappa shape index (κ3) is 4.31. The van der Waals surface area contributed by atoms with Crippen molar-refractivity contribution in [3.63, 3.8) is 0 Å². The number of hydrazone groups is 1. The van der Waals surface area contributed by atoms with Crippen molar-refractivity contribution in [3.8, 4) is 0 Å². The molecular weight excluding hydrogens is 387 g/mol. The minimum Gasteiger partial charge on any atom is -0.368 e. The Hall–Kier alpha value is -3.56. The average molecular weight is 405 g/mol. The largest absolute Gasteiger partial charge is 0.416 e. The second-order valence-electron chi connectivity index (χ2n) is 6.52. The molecule has 5 N–H and O–H groups in total. The van der Waals surface area contributed by atoms with E-state index in [0.29, 0.717) is 11.1 Å². The van der Waals surface area contributed by atoms with Crippen LogP contribution in [-0.4, -0.2) is 29.2 Å². The minimum atomic E-state index is -4.56. The van der Waals surface area contributed by atoms with Crippen molar-refractivity contribution in [2.45, 2.75) is 18.6 Å². The maximum Gasteiger partial charge on any atom is 0.416 e. The number of fused-ring (bicyclic) bond motifs is 1. The molecule has 0 aromatic heterocycles. The van der Waals surface area contributed by atoms with Gasteiger partial charge in [-0.15, -0.1) is 5.10 Å². The van der Waals surface area contributed by atoms with Crippen molar-refractivity contribution < 1.29 is 22.8 Å². The van der Waals surface area contributed by atoms with E-state index in [0.717, 1.165) is 12.1 Å². The molecule has 2 aromatic carbocycles. The van der Waals surface area contributed by atoms with Crippen LogP contribution in [0.25, 0.3) is 0 Å². The second-order valence-corrected chi connectivity index (χ2v) is 6.52. The summed E-state index contributed by atoms with van der Waals surface area (Å²) in [4.78, 5) is 26.8. The lowest BCUT2D eigenvalue weighted by Crippen LogP contribution is -2.47. The molecule has 0 saturated heterocycles. The molecule has 3 rings (SSSR count). The Morgan fingerprint density at radius 1 is 1.14 bits per heavy atom. The van der Waals surface area contributed by atoms with Crippen LogP contribution in [-0.2, 0) is 17.5 Å². The minimum absolute atomic E-state index is 0.0320. The maximum absolute atomic E-state index is 13.0. The number of nitrogens with one attached hydrogen (secondary N) is 1. The number of nitrogens with two attached hydrogens (primary N) is 2. The number of hydrogen-bond donors (Lipinski definition) is 3. The molecule has 1 atom stereocenters. The van der Waals surface area contributed by atoms with E-state index in [1.165, 1.54) is 17.0 Å². The van der Waals surface area contributed by atoms with Gasteiger partial charge in [0, 0.05) is 18.7 Å². The molecule has 0 spiro atoms. The molecule has 1 unspecified atom stereocenters. The highest BCUT2D eigenvalue weighted by molar-refractivity contribution is 6.00. The number of amides is 2. The summed E-state index contributed by atoms with van der Waals surface area (Å²) in [6.07, 6.45) is -4.56. The van der Waals surface area contributed by atoms with Gasteiger partial charge in [-0.25, -0.2) is 0 Å². The standard InChI is InChI=1S/C19H18F3N5O2/c20-19(21,22)13-6-3-5-11(8-13)17(29)27-9-12-4-1-2-7-14(12)15(10-27)16(28)25-18(23)26-24/h1-8,15H,9-10,24H2,(H3,23,25,26,28). The van der Waals surface area contributed by atoms with Gasteiger partial charge in [-0.2, -0.15) is 13.2 Å². The number of alkyl halides is 3. The summed E-state index contributed by atoms with van der Waals surface area (Å²) < 4.78 is 38.9. The van der Waals surface area contributed by atoms with Crippen LogP contribution in [0.4, 0.5) is 13.2 Å². The van der Waals surface area contributed by atoms with Crippen LogP contribution < -0.4 is 16.9 Å². The predicted octanol–water partition coefficient (Wildman–Crippen LogP) is 1.75. The van der Waals surface area contributed by atoms with E-state index in [2.05, 4.69) is 10.4 Å². The number of benzene rings is 2. The summed E-state index contributed by atoms with van der Waals surface area (Å²) >= 11 is 0. The van der Waals surface area contributed by atoms with Gasteiger partial charge in [-0.1, -0.05) is 30.3 Å². The van der Waals surface area contributed by atoms with Crippen LogP contribution in [0.5, 0.6) is 0 Å². The summed E-state index contributed by atoms with van der Waals surface area (Å²) in [6.45, 7) is 0.130. The fraction of sp³-hybridized carbons (Fsp3) is 0.211. The molecule has 7 nitrogen and oxygen atoms in total. The van der Waals surface area contributed by atoms with Crippen molar-refractivity contribution in [2.24, 2.45) is 16.7 Å². The van der Waals surface area contributed by atoms with E-state index in [-0.39, 0.29) is 24.6 Å². The van der Waals surface area contributed by atoms with E-state index >= 15 is 0 Å². The number of carbonyl (C=O) groups excluding carboxylic acids is 2. The number of nitrogens with zero attached hydrogens (tertiary/aromatic N) is 2. The second kappa shape index (κ2) is 7.82. The van der Waals surface area contributed by atoms with E-state index in [1.807, 2.05) is 0 Å². The van der Waals surface area contributed by atoms with E-state index in [1.54, 1.807) is 24.3 Å². The molecule has 2 amide bonds. The highest BCUT2D eigenvalue weighted by atomic mass is 19.4. The molecule has 0 fully saturated rings. The first-order valence-corrected chi connectivity index (χ1v) is 8.59. The van der Waals surface area contributed by atoms with E-state index < -0.39 is 29.5 Å². The smallest absolute Gasteiger partial charge is 0.368 e. The molecule has 1 aliphatic heterocycles. The Kier molecular flexibility index (Phi) is 5.44. The first-order valence-electron chi connectivity index (χ1n) is 8.59. The number of rotatable bonds is 2. The monoisotopic (exact) mass is 405 g/mol. The topological polar surface area (TPSA) is 114 Å². The number of carbonyl (C=O) groups is 2. The zero-order valence-electron chi connectivity index (χ0n) is 15.1. The molecule has 1 aliphatic rings. The molecule has 152 valence electrons. The Labute approximate surface area is 164 Å². The first-order chi connectivity index (χ1) is 13.7. The van der Waals surface area contributed by atoms with Crippen LogP contribution in [0.1, 0.15) is 33.0 Å². The van der Waals surface area contributed by atoms with Gasteiger partial charge in [0.15, 0.2) is 0 Å². The lowest BCUT2D eigenvalue weighted by molar-refractivity contribution is -0.137. The summed E-state index contributed by atoms with van der Waals surface area (Å²) in [7, 11) is 0. The van der Waals surface area contributed by atoms with Gasteiger partial charge in [0.2, 0.25) is 11.9 Å². The Balaban J connectivity index is 1.91. The number of halogens is 3. The highest BCUT2D eigenvalue weighted by Crippen LogP contribution is 2.32. The summed E-state index contributed by atoms with van der Waals surface area (Å²) in [6, 6.07) is 11.2. The molecule has 29 heavy (non-hydrogen) atoms. The predicted molar refractivity (Wildman–Crippen MR) is 99.3 cm³/mol. The van der Waals surface area contributed by atoms with Gasteiger partial charge in [0.1, 0.15) is 0 Å². The van der Waals surface area contributed by atoms with Crippen LogP contribution >= 0.6 is 0 Å². The summed E-state index contributed by atoms with van der Waals surface area (Å²) in [5.41, 5.74) is 5.83. The lowest BCUT2D eigenvalue weighted by atomic mass is 9.88. The zero-order chi connectivity index (χ0) is 21.2. The molecule has 0 bridgehead atoms. The molecular formula is C19H18F3N5O2. The van der Waals surface area contributed by atoms with Gasteiger partial charge in [0.25, 0.3) is 5.91 Å². The molecule has 1 heterocycles. The van der Waals surface area contributed by atoms with Crippen molar-refractivity contribution >= 4 is 17.8 Å². The van der Waals surface area contributed by atoms with Gasteiger partial charge in [0.05, 0.1) is 11.5 Å². The highest BCUT2D eigenvalue weighted by Gasteiger charge is 2.35. The van der Waals surface area contributed by atoms with Crippen LogP contribution in [0.2, 0.25) is 0 Å². The maximum atomic E-state index is 13.0. The van der Waals surface area contributed by atoms with Gasteiger partial charge < -0.3 is 16.5 Å². The summed E-state index contributed by atoms with van der Waals surface area (Å²) in [5.74, 6) is 2.84. The molecule has 0 radical (unpaired) electrons. The third-order valence-corrected chi connectivity index (χ3v) is 4.63. The fourth-order valence-corrected chi connectivity index (χ4v) is 3.24. The van der Waals surface area contributed by atoms with Gasteiger partial charge in [-0.3, -0.25) is 14.9 Å². The fourth-order valence-electron chi connectivity index (χ4n) is 3.24. The summed E-state index contributed by atoms with van der Waals surface area (Å²) in [5, 5.41) is 5.53. The number of guanidine groups is 1. The first kappa shape index (κ1) is 20.2. The molecule has 10 heteroatoms. The normalized spacial score (nSPS) is 16.9. The van der Waals surface area contributed by atoms with Crippen LogP contribution in [0, 0.1) is 0 Å². The lowest BCUT2D eigenvalue weighted by Gasteiger charge is -2.34. The van der Waals surface area contributed by atoms with E-state index in [9.17, 15) is 22.8 Å². The van der Waals surface area contributed by atoms with Crippen molar-refractivity contribution in [3.05, 3.63) is 70.8 Å². The number of hydrogen-bond acceptors (Lipinski definition) is 4. The van der Waals surface area contributed by atoms with Gasteiger partial charge in [-0.05, 0) is 29.3 Å². The third-order valence-electron chi connectivity index (χ3n) is 4.63. The molecule has 0 aliphatic carbocycles. The molecule has 2 aromatic rings. The SMILES string of the molecule is N/N=C(\N)NC(=O)C1CN(C(=O)c2cccc(C(F)(F)F)c2)Cc2ccccc21. The molecule has 0 saturated carbocycles. The van der Waals surface area contributed by atoms with Crippen LogP contribution in [0.3, 0.4) is 0 Å².